The van der Waals surface area contributed by atoms with Gasteiger partial charge in [-0.25, -0.2) is 0 Å². The molecule has 2 fully saturated rings. The molecule has 2 saturated carbocycles. The Morgan fingerprint density at radius 2 is 2.33 bits per heavy atom. The average molecular weight is 250 g/mol. The summed E-state index contributed by atoms with van der Waals surface area (Å²) in [6.45, 7) is 1.85. The summed E-state index contributed by atoms with van der Waals surface area (Å²) in [4.78, 5) is 16.2. The molecule has 1 amide bonds. The number of rotatable bonds is 3. The van der Waals surface area contributed by atoms with Crippen molar-refractivity contribution in [2.75, 3.05) is 0 Å². The predicted molar refractivity (Wildman–Crippen MR) is 63.2 cm³/mol. The van der Waals surface area contributed by atoms with E-state index in [0.29, 0.717) is 17.7 Å². The van der Waals surface area contributed by atoms with Gasteiger partial charge in [0.15, 0.2) is 5.82 Å². The Labute approximate surface area is 105 Å². The summed E-state index contributed by atoms with van der Waals surface area (Å²) < 4.78 is 4.68. The van der Waals surface area contributed by atoms with E-state index in [9.17, 15) is 4.79 Å². The topological polar surface area (TPSA) is 94.0 Å². The van der Waals surface area contributed by atoms with Gasteiger partial charge in [0, 0.05) is 6.04 Å². The fraction of sp³-hybridized carbons (Fsp3) is 0.750. The Bertz CT molecular complexity index is 431. The molecule has 5 unspecified atom stereocenters. The Morgan fingerprint density at radius 1 is 1.56 bits per heavy atom. The summed E-state index contributed by atoms with van der Waals surface area (Å²) in [6.07, 6.45) is 4.68. The summed E-state index contributed by atoms with van der Waals surface area (Å²) >= 11 is 0. The quantitative estimate of drug-likeness (QED) is 0.820. The van der Waals surface area contributed by atoms with Crippen LogP contribution in [0.4, 0.5) is 0 Å². The number of nitrogens with one attached hydrogen (secondary N) is 1. The van der Waals surface area contributed by atoms with E-state index < -0.39 is 0 Å². The molecule has 6 heteroatoms. The molecule has 1 heterocycles. The highest BCUT2D eigenvalue weighted by Gasteiger charge is 2.49. The summed E-state index contributed by atoms with van der Waals surface area (Å²) in [5.74, 6) is 1.49. The van der Waals surface area contributed by atoms with Gasteiger partial charge in [-0.15, -0.1) is 0 Å². The van der Waals surface area contributed by atoms with Crippen molar-refractivity contribution in [3.63, 3.8) is 0 Å². The minimum Gasteiger partial charge on any atom is -0.346 e. The molecule has 2 aliphatic rings. The molecule has 0 saturated heterocycles. The molecular weight excluding hydrogens is 232 g/mol. The third-order valence-electron chi connectivity index (χ3n) is 4.41. The lowest BCUT2D eigenvalue weighted by Gasteiger charge is -2.27. The Balaban J connectivity index is 1.65. The smallest absolute Gasteiger partial charge is 0.225 e. The molecule has 1 aromatic heterocycles. The zero-order valence-corrected chi connectivity index (χ0v) is 10.4. The highest BCUT2D eigenvalue weighted by Crippen LogP contribution is 2.47. The van der Waals surface area contributed by atoms with Crippen LogP contribution in [0.2, 0.25) is 0 Å². The van der Waals surface area contributed by atoms with Crippen LogP contribution in [0.25, 0.3) is 0 Å². The lowest BCUT2D eigenvalue weighted by Crippen LogP contribution is -2.45. The molecule has 2 bridgehead atoms. The highest BCUT2D eigenvalue weighted by atomic mass is 16.5. The van der Waals surface area contributed by atoms with Gasteiger partial charge in [0.1, 0.15) is 0 Å². The second-order valence-corrected chi connectivity index (χ2v) is 5.46. The number of fused-ring (bicyclic) bond motifs is 2. The van der Waals surface area contributed by atoms with Crippen LogP contribution in [0, 0.1) is 17.8 Å². The minimum absolute atomic E-state index is 0.0150. The minimum atomic E-state index is -0.234. The molecule has 18 heavy (non-hydrogen) atoms. The van der Waals surface area contributed by atoms with Crippen molar-refractivity contribution in [1.29, 1.82) is 0 Å². The molecule has 3 N–H and O–H groups in total. The first kappa shape index (κ1) is 11.6. The van der Waals surface area contributed by atoms with E-state index in [0.717, 1.165) is 12.8 Å². The van der Waals surface area contributed by atoms with Gasteiger partial charge in [0.2, 0.25) is 12.3 Å². The molecule has 1 aromatic rings. The third kappa shape index (κ3) is 1.80. The van der Waals surface area contributed by atoms with E-state index in [1.807, 2.05) is 6.92 Å². The van der Waals surface area contributed by atoms with Gasteiger partial charge in [0.05, 0.1) is 12.0 Å². The molecule has 2 aliphatic carbocycles. The molecule has 5 atom stereocenters. The van der Waals surface area contributed by atoms with Crippen molar-refractivity contribution < 1.29 is 9.32 Å². The van der Waals surface area contributed by atoms with E-state index in [2.05, 4.69) is 20.0 Å². The van der Waals surface area contributed by atoms with E-state index in [1.54, 1.807) is 0 Å². The van der Waals surface area contributed by atoms with Gasteiger partial charge in [-0.2, -0.15) is 4.98 Å². The number of nitrogens with zero attached hydrogens (tertiary/aromatic N) is 2. The van der Waals surface area contributed by atoms with E-state index in [4.69, 9.17) is 5.73 Å². The van der Waals surface area contributed by atoms with Gasteiger partial charge in [0.25, 0.3) is 0 Å². The van der Waals surface area contributed by atoms with Gasteiger partial charge in [-0.3, -0.25) is 4.79 Å². The van der Waals surface area contributed by atoms with Crippen molar-refractivity contribution in [3.8, 4) is 0 Å². The molecule has 0 radical (unpaired) electrons. The van der Waals surface area contributed by atoms with Crippen molar-refractivity contribution in [2.24, 2.45) is 23.5 Å². The Kier molecular flexibility index (Phi) is 2.81. The lowest BCUT2D eigenvalue weighted by molar-refractivity contribution is -0.127. The first-order chi connectivity index (χ1) is 8.66. The third-order valence-corrected chi connectivity index (χ3v) is 4.41. The van der Waals surface area contributed by atoms with Crippen molar-refractivity contribution in [1.82, 2.24) is 15.5 Å². The van der Waals surface area contributed by atoms with Crippen molar-refractivity contribution in [2.45, 2.75) is 38.3 Å². The number of hydrogen-bond acceptors (Lipinski definition) is 5. The second-order valence-electron chi connectivity index (χ2n) is 5.46. The fourth-order valence-corrected chi connectivity index (χ4v) is 3.47. The molecule has 6 nitrogen and oxygen atoms in total. The molecule has 0 spiro atoms. The molecule has 98 valence electrons. The number of hydrogen-bond donors (Lipinski definition) is 2. The van der Waals surface area contributed by atoms with Gasteiger partial charge in [-0.1, -0.05) is 5.16 Å². The lowest BCUT2D eigenvalue weighted by atomic mass is 9.84. The van der Waals surface area contributed by atoms with Crippen LogP contribution in [0.3, 0.4) is 0 Å². The number of amides is 1. The maximum absolute atomic E-state index is 12.3. The summed E-state index contributed by atoms with van der Waals surface area (Å²) in [5.41, 5.74) is 6.15. The first-order valence-electron chi connectivity index (χ1n) is 6.49. The number of carbonyl (C=O) groups excluding carboxylic acids is 1. The standard InChI is InChI=1S/C12H18N4O2/c1-6(11-14-5-18-16-11)15-12(17)9-7-2-3-8(4-7)10(9)13/h5-10H,2-4,13H2,1H3,(H,15,17). The molecule has 0 aliphatic heterocycles. The van der Waals surface area contributed by atoms with Gasteiger partial charge in [-0.05, 0) is 38.0 Å². The highest BCUT2D eigenvalue weighted by molar-refractivity contribution is 5.80. The van der Waals surface area contributed by atoms with Crippen LogP contribution in [-0.4, -0.2) is 22.1 Å². The van der Waals surface area contributed by atoms with E-state index in [-0.39, 0.29) is 23.9 Å². The zero-order chi connectivity index (χ0) is 12.7. The largest absolute Gasteiger partial charge is 0.346 e. The van der Waals surface area contributed by atoms with Crippen molar-refractivity contribution >= 4 is 5.91 Å². The van der Waals surface area contributed by atoms with Crippen LogP contribution in [-0.2, 0) is 4.79 Å². The summed E-state index contributed by atoms with van der Waals surface area (Å²) in [6, 6.07) is -0.219. The Morgan fingerprint density at radius 3 is 2.94 bits per heavy atom. The Hall–Kier alpha value is -1.43. The van der Waals surface area contributed by atoms with Gasteiger partial charge < -0.3 is 15.6 Å². The fourth-order valence-electron chi connectivity index (χ4n) is 3.47. The number of nitrogens with two attached hydrogens (primary N) is 1. The van der Waals surface area contributed by atoms with E-state index in [1.165, 1.54) is 12.8 Å². The van der Waals surface area contributed by atoms with Crippen LogP contribution < -0.4 is 11.1 Å². The molecule has 3 rings (SSSR count). The average Bonchev–Trinajstić information content (AvgIpc) is 3.05. The van der Waals surface area contributed by atoms with Crippen molar-refractivity contribution in [3.05, 3.63) is 12.2 Å². The maximum atomic E-state index is 12.3. The van der Waals surface area contributed by atoms with Crippen LogP contribution in [0.15, 0.2) is 10.9 Å². The first-order valence-corrected chi connectivity index (χ1v) is 6.49. The van der Waals surface area contributed by atoms with E-state index >= 15 is 0 Å². The van der Waals surface area contributed by atoms with Gasteiger partial charge >= 0.3 is 0 Å². The monoisotopic (exact) mass is 250 g/mol. The maximum Gasteiger partial charge on any atom is 0.225 e. The molecule has 0 aromatic carbocycles. The summed E-state index contributed by atoms with van der Waals surface area (Å²) in [7, 11) is 0. The van der Waals surface area contributed by atoms with Crippen LogP contribution in [0.5, 0.6) is 0 Å². The summed E-state index contributed by atoms with van der Waals surface area (Å²) in [5, 5.41) is 6.67. The second kappa shape index (κ2) is 4.35. The SMILES string of the molecule is CC(NC(=O)C1C2CCC(C2)C1N)c1ncon1. The predicted octanol–water partition coefficient (Wildman–Crippen LogP) is 0.620. The zero-order valence-electron chi connectivity index (χ0n) is 10.4. The van der Waals surface area contributed by atoms with Crippen LogP contribution >= 0.6 is 0 Å². The molecular formula is C12H18N4O2. The van der Waals surface area contributed by atoms with Crippen LogP contribution in [0.1, 0.15) is 38.1 Å². The normalized spacial score (nSPS) is 35.7. The number of aromatic nitrogens is 2. The number of carbonyl (C=O) groups is 1.